The molecule has 0 aliphatic heterocycles. The van der Waals surface area contributed by atoms with E-state index in [9.17, 15) is 22.8 Å². The summed E-state index contributed by atoms with van der Waals surface area (Å²) in [6, 6.07) is 4.13. The largest absolute Gasteiger partial charge is 0.421 e. The quantitative estimate of drug-likeness (QED) is 0.367. The van der Waals surface area contributed by atoms with Crippen LogP contribution in [0.4, 0.5) is 18.9 Å². The maximum atomic E-state index is 13.0. The van der Waals surface area contributed by atoms with Gasteiger partial charge in [-0.05, 0) is 25.1 Å². The highest BCUT2D eigenvalue weighted by Crippen LogP contribution is 2.34. The Morgan fingerprint density at radius 2 is 2.00 bits per heavy atom. The smallest absolute Gasteiger partial charge is 0.360 e. The van der Waals surface area contributed by atoms with Crippen molar-refractivity contribution in [1.29, 1.82) is 5.26 Å². The van der Waals surface area contributed by atoms with Crippen molar-refractivity contribution < 1.29 is 27.6 Å². The molecule has 1 rings (SSSR count). The van der Waals surface area contributed by atoms with Crippen molar-refractivity contribution >= 4 is 23.1 Å². The van der Waals surface area contributed by atoms with E-state index < -0.39 is 34.7 Å². The molecule has 1 amide bonds. The van der Waals surface area contributed by atoms with Gasteiger partial charge in [-0.1, -0.05) is 0 Å². The molecule has 0 aromatic heterocycles. The zero-order valence-electron chi connectivity index (χ0n) is 12.2. The highest BCUT2D eigenvalue weighted by Gasteiger charge is 2.36. The summed E-state index contributed by atoms with van der Waals surface area (Å²) in [6.07, 6.45) is -4.78. The summed E-state index contributed by atoms with van der Waals surface area (Å²) in [5.74, 6) is -1.87. The van der Waals surface area contributed by atoms with Gasteiger partial charge in [-0.15, -0.1) is 0 Å². The number of alkyl halides is 3. The molecule has 0 heterocycles. The monoisotopic (exact) mass is 324 g/mol. The number of halogens is 3. The third kappa shape index (κ3) is 3.81. The maximum Gasteiger partial charge on any atom is 0.421 e. The number of hydrogen-bond acceptors (Lipinski definition) is 3. The predicted molar refractivity (Wildman–Crippen MR) is 73.5 cm³/mol. The zero-order chi connectivity index (χ0) is 17.8. The fraction of sp³-hybridized carbons (Fsp3) is 0.286. The molecule has 23 heavy (non-hydrogen) atoms. The van der Waals surface area contributed by atoms with E-state index in [1.165, 1.54) is 13.0 Å². The first-order valence-corrected chi connectivity index (χ1v) is 6.33. The third-order valence-corrected chi connectivity index (χ3v) is 2.94. The molecule has 120 valence electrons. The summed E-state index contributed by atoms with van der Waals surface area (Å²) in [5, 5.41) is 8.75. The Hall–Kier alpha value is -2.98. The maximum absolute atomic E-state index is 13.0. The summed E-state index contributed by atoms with van der Waals surface area (Å²) in [6.45, 7) is 2.38. The lowest BCUT2D eigenvalue weighted by Crippen LogP contribution is -2.40. The molecule has 0 fully saturated rings. The van der Waals surface area contributed by atoms with Gasteiger partial charge in [-0.3, -0.25) is 9.59 Å². The number of anilines is 1. The number of benzene rings is 1. The SMILES string of the molecule is CCN(C(=O)C(=[N+]=[N-])C(C)=O)c1ccc(C#N)c(C(F)(F)F)c1. The van der Waals surface area contributed by atoms with Crippen LogP contribution in [0.2, 0.25) is 0 Å². The fourth-order valence-electron chi connectivity index (χ4n) is 1.87. The van der Waals surface area contributed by atoms with E-state index in [0.717, 1.165) is 24.0 Å². The van der Waals surface area contributed by atoms with Gasteiger partial charge < -0.3 is 10.4 Å². The first kappa shape index (κ1) is 18.1. The second-order valence-corrected chi connectivity index (χ2v) is 4.39. The molecule has 9 heteroatoms. The fourth-order valence-corrected chi connectivity index (χ4v) is 1.87. The topological polar surface area (TPSA) is 97.6 Å². The number of carbonyl (C=O) groups excluding carboxylic acids is 2. The average molecular weight is 324 g/mol. The minimum absolute atomic E-state index is 0.0751. The Morgan fingerprint density at radius 3 is 2.39 bits per heavy atom. The number of rotatable bonds is 4. The van der Waals surface area contributed by atoms with Crippen molar-refractivity contribution in [2.45, 2.75) is 20.0 Å². The molecule has 6 nitrogen and oxygen atoms in total. The second-order valence-electron chi connectivity index (χ2n) is 4.39. The minimum atomic E-state index is -4.78. The van der Waals surface area contributed by atoms with Crippen LogP contribution in [0, 0.1) is 11.3 Å². The van der Waals surface area contributed by atoms with Crippen LogP contribution in [0.1, 0.15) is 25.0 Å². The van der Waals surface area contributed by atoms with Crippen molar-refractivity contribution in [3.63, 3.8) is 0 Å². The number of nitriles is 1. The van der Waals surface area contributed by atoms with E-state index in [2.05, 4.69) is 4.79 Å². The molecule has 0 radical (unpaired) electrons. The number of amides is 1. The van der Waals surface area contributed by atoms with Crippen molar-refractivity contribution in [3.8, 4) is 6.07 Å². The molecular weight excluding hydrogens is 313 g/mol. The van der Waals surface area contributed by atoms with Crippen LogP contribution in [0.25, 0.3) is 5.53 Å². The van der Waals surface area contributed by atoms with E-state index >= 15 is 0 Å². The van der Waals surface area contributed by atoms with Gasteiger partial charge in [0.05, 0.1) is 17.2 Å². The molecule has 0 spiro atoms. The molecular formula is C14H11F3N4O2. The van der Waals surface area contributed by atoms with Crippen LogP contribution in [0.3, 0.4) is 0 Å². The standard InChI is InChI=1S/C14H11F3N4O2/c1-3-21(13(23)12(20-19)8(2)22)10-5-4-9(7-18)11(6-10)14(15,16)17/h4-6H,3H2,1-2H3. The molecule has 0 bridgehead atoms. The highest BCUT2D eigenvalue weighted by atomic mass is 19.4. The zero-order valence-corrected chi connectivity index (χ0v) is 12.2. The third-order valence-electron chi connectivity index (χ3n) is 2.94. The molecule has 0 unspecified atom stereocenters. The normalized spacial score (nSPS) is 10.4. The van der Waals surface area contributed by atoms with Crippen molar-refractivity contribution in [2.75, 3.05) is 11.4 Å². The lowest BCUT2D eigenvalue weighted by Gasteiger charge is -2.20. The van der Waals surface area contributed by atoms with E-state index in [0.29, 0.717) is 6.07 Å². The minimum Gasteiger partial charge on any atom is -0.360 e. The first-order valence-electron chi connectivity index (χ1n) is 6.33. The van der Waals surface area contributed by atoms with E-state index in [1.807, 2.05) is 0 Å². The predicted octanol–water partition coefficient (Wildman–Crippen LogP) is 2.19. The lowest BCUT2D eigenvalue weighted by atomic mass is 10.1. The number of ketones is 1. The molecule has 1 aromatic carbocycles. The second kappa shape index (κ2) is 6.85. The first-order chi connectivity index (χ1) is 10.7. The summed E-state index contributed by atoms with van der Waals surface area (Å²) < 4.78 is 38.9. The van der Waals surface area contributed by atoms with Gasteiger partial charge in [-0.2, -0.15) is 23.2 Å². The van der Waals surface area contributed by atoms with Crippen LogP contribution >= 0.6 is 0 Å². The van der Waals surface area contributed by atoms with Gasteiger partial charge in [0.2, 0.25) is 5.78 Å². The van der Waals surface area contributed by atoms with Gasteiger partial charge in [-0.25, -0.2) is 0 Å². The van der Waals surface area contributed by atoms with Gasteiger partial charge in [0.25, 0.3) is 0 Å². The Labute approximate surface area is 129 Å². The Bertz CT molecular complexity index is 743. The number of nitrogens with zero attached hydrogens (tertiary/aromatic N) is 4. The Kier molecular flexibility index (Phi) is 5.38. The molecule has 0 aliphatic rings. The van der Waals surface area contributed by atoms with Crippen LogP contribution in [0.15, 0.2) is 18.2 Å². The summed E-state index contributed by atoms with van der Waals surface area (Å²) >= 11 is 0. The number of hydrogen-bond donors (Lipinski definition) is 0. The van der Waals surface area contributed by atoms with Crippen LogP contribution in [-0.4, -0.2) is 28.7 Å². The van der Waals surface area contributed by atoms with Crippen LogP contribution in [0.5, 0.6) is 0 Å². The molecule has 1 aromatic rings. The highest BCUT2D eigenvalue weighted by molar-refractivity contribution is 6.65. The van der Waals surface area contributed by atoms with Gasteiger partial charge >= 0.3 is 17.8 Å². The van der Waals surface area contributed by atoms with Crippen LogP contribution < -0.4 is 4.90 Å². The summed E-state index contributed by atoms with van der Waals surface area (Å²) in [4.78, 5) is 26.8. The molecule has 0 N–H and O–H groups in total. The van der Waals surface area contributed by atoms with Crippen molar-refractivity contribution in [3.05, 3.63) is 34.9 Å². The number of Topliss-reactive ketones (excluding diaryl/α,β-unsaturated/α-hetero) is 1. The molecule has 0 atom stereocenters. The lowest BCUT2D eigenvalue weighted by molar-refractivity contribution is -0.137. The molecule has 0 aliphatic carbocycles. The van der Waals surface area contributed by atoms with E-state index in [-0.39, 0.29) is 12.2 Å². The van der Waals surface area contributed by atoms with Crippen molar-refractivity contribution in [2.24, 2.45) is 0 Å². The molecule has 0 saturated carbocycles. The van der Waals surface area contributed by atoms with E-state index in [4.69, 9.17) is 10.8 Å². The number of carbonyl (C=O) groups is 2. The van der Waals surface area contributed by atoms with Gasteiger partial charge in [0.15, 0.2) is 0 Å². The Balaban J connectivity index is 3.44. The summed E-state index contributed by atoms with van der Waals surface area (Å²) in [5.41, 5.74) is 5.95. The molecule has 0 saturated heterocycles. The summed E-state index contributed by atoms with van der Waals surface area (Å²) in [7, 11) is 0. The van der Waals surface area contributed by atoms with Gasteiger partial charge in [0.1, 0.15) is 0 Å². The van der Waals surface area contributed by atoms with Crippen LogP contribution in [-0.2, 0) is 15.8 Å². The average Bonchev–Trinajstić information content (AvgIpc) is 2.47. The van der Waals surface area contributed by atoms with Crippen molar-refractivity contribution in [1.82, 2.24) is 0 Å². The van der Waals surface area contributed by atoms with E-state index in [1.54, 1.807) is 0 Å². The Morgan fingerprint density at radius 1 is 1.39 bits per heavy atom. The van der Waals surface area contributed by atoms with Gasteiger partial charge in [0, 0.05) is 19.2 Å².